The van der Waals surface area contributed by atoms with Gasteiger partial charge in [-0.15, -0.1) is 0 Å². The molecule has 0 radical (unpaired) electrons. The number of methoxy groups -OCH3 is 2. The first-order valence-electron chi connectivity index (χ1n) is 9.74. The Hall–Kier alpha value is -3.72. The van der Waals surface area contributed by atoms with Gasteiger partial charge in [0, 0.05) is 18.5 Å². The largest absolute Gasteiger partial charge is 0.493 e. The molecule has 1 aliphatic rings. The van der Waals surface area contributed by atoms with Gasteiger partial charge in [0.15, 0.2) is 17.3 Å². The van der Waals surface area contributed by atoms with E-state index >= 15 is 0 Å². The second-order valence-corrected chi connectivity index (χ2v) is 7.85. The quantitative estimate of drug-likeness (QED) is 0.543. The van der Waals surface area contributed by atoms with Crippen LogP contribution in [0.4, 0.5) is 4.79 Å². The predicted molar refractivity (Wildman–Crippen MR) is 121 cm³/mol. The van der Waals surface area contributed by atoms with Crippen LogP contribution in [0.15, 0.2) is 57.9 Å². The first-order valence-corrected chi connectivity index (χ1v) is 10.6. The molecule has 0 aliphatic carbocycles. The van der Waals surface area contributed by atoms with E-state index in [9.17, 15) is 14.4 Å². The van der Waals surface area contributed by atoms with Gasteiger partial charge in [0.1, 0.15) is 5.58 Å². The van der Waals surface area contributed by atoms with Crippen molar-refractivity contribution in [2.24, 2.45) is 0 Å². The molecule has 32 heavy (non-hydrogen) atoms. The molecule has 3 aromatic rings. The number of amides is 3. The molecule has 1 N–H and O–H groups in total. The third-order valence-electron chi connectivity index (χ3n) is 4.85. The van der Waals surface area contributed by atoms with Crippen molar-refractivity contribution in [2.45, 2.75) is 0 Å². The number of carbonyl (C=O) groups is 3. The third kappa shape index (κ3) is 4.33. The molecule has 0 atom stereocenters. The highest BCUT2D eigenvalue weighted by Crippen LogP contribution is 2.34. The van der Waals surface area contributed by atoms with E-state index in [1.807, 2.05) is 18.2 Å². The van der Waals surface area contributed by atoms with Gasteiger partial charge in [-0.25, -0.2) is 0 Å². The van der Waals surface area contributed by atoms with Crippen molar-refractivity contribution in [2.75, 3.05) is 27.3 Å². The number of hydrogen-bond acceptors (Lipinski definition) is 7. The number of ether oxygens (including phenoxy) is 2. The summed E-state index contributed by atoms with van der Waals surface area (Å²) in [6.07, 6.45) is 1.62. The van der Waals surface area contributed by atoms with E-state index in [-0.39, 0.29) is 24.1 Å². The van der Waals surface area contributed by atoms with Crippen LogP contribution in [0.25, 0.3) is 17.0 Å². The summed E-state index contributed by atoms with van der Waals surface area (Å²) >= 11 is 0.853. The first-order chi connectivity index (χ1) is 15.5. The maximum absolute atomic E-state index is 12.7. The van der Waals surface area contributed by atoms with Crippen LogP contribution >= 0.6 is 11.8 Å². The molecule has 164 valence electrons. The fraction of sp³-hybridized carbons (Fsp3) is 0.174. The minimum atomic E-state index is -0.409. The average Bonchev–Trinajstić information content (AvgIpc) is 3.35. The summed E-state index contributed by atoms with van der Waals surface area (Å²) in [6.45, 7) is 0.164. The Labute approximate surface area is 188 Å². The lowest BCUT2D eigenvalue weighted by molar-refractivity contribution is -0.122. The van der Waals surface area contributed by atoms with Crippen LogP contribution in [0.1, 0.15) is 16.1 Å². The Morgan fingerprint density at radius 1 is 1.09 bits per heavy atom. The average molecular weight is 452 g/mol. The monoisotopic (exact) mass is 452 g/mol. The fourth-order valence-corrected chi connectivity index (χ4v) is 4.11. The topological polar surface area (TPSA) is 98.1 Å². The Morgan fingerprint density at radius 2 is 1.88 bits per heavy atom. The van der Waals surface area contributed by atoms with E-state index in [0.29, 0.717) is 27.6 Å². The van der Waals surface area contributed by atoms with Crippen LogP contribution in [0.5, 0.6) is 11.5 Å². The first kappa shape index (κ1) is 21.5. The number of thioether (sulfide) groups is 1. The molecule has 0 saturated carbocycles. The molecular formula is C23H20N2O6S. The number of carbonyl (C=O) groups excluding carboxylic acids is 3. The van der Waals surface area contributed by atoms with Gasteiger partial charge in [-0.1, -0.05) is 24.3 Å². The second-order valence-electron chi connectivity index (χ2n) is 6.85. The summed E-state index contributed by atoms with van der Waals surface area (Å²) in [5, 5.41) is 3.12. The minimum absolute atomic E-state index is 0.0555. The summed E-state index contributed by atoms with van der Waals surface area (Å²) in [6, 6.07) is 14.2. The molecule has 0 spiro atoms. The van der Waals surface area contributed by atoms with Crippen molar-refractivity contribution in [1.82, 2.24) is 10.2 Å². The zero-order valence-electron chi connectivity index (χ0n) is 17.4. The smallest absolute Gasteiger partial charge is 0.293 e. The van der Waals surface area contributed by atoms with E-state index in [1.54, 1.807) is 36.4 Å². The molecular weight excluding hydrogens is 432 g/mol. The molecule has 1 fully saturated rings. The highest BCUT2D eigenvalue weighted by Gasteiger charge is 2.34. The fourth-order valence-electron chi connectivity index (χ4n) is 3.25. The summed E-state index contributed by atoms with van der Waals surface area (Å²) in [4.78, 5) is 38.8. The maximum atomic E-state index is 12.7. The summed E-state index contributed by atoms with van der Waals surface area (Å²) in [5.41, 5.74) is 1.32. The number of benzene rings is 2. The zero-order chi connectivity index (χ0) is 22.7. The number of rotatable bonds is 7. The molecule has 1 saturated heterocycles. The highest BCUT2D eigenvalue weighted by atomic mass is 32.2. The van der Waals surface area contributed by atoms with Gasteiger partial charge in [0.05, 0.1) is 19.1 Å². The number of furan rings is 1. The van der Waals surface area contributed by atoms with Crippen molar-refractivity contribution in [3.8, 4) is 11.5 Å². The molecule has 0 unspecified atom stereocenters. The SMILES string of the molecule is COc1ccc(C=C2SC(=O)N(CCNC(=O)c3cc4ccccc4o3)C2=O)cc1OC. The zero-order valence-corrected chi connectivity index (χ0v) is 18.2. The lowest BCUT2D eigenvalue weighted by Crippen LogP contribution is -2.37. The van der Waals surface area contributed by atoms with Gasteiger partial charge in [-0.2, -0.15) is 0 Å². The molecule has 3 amide bonds. The molecule has 0 bridgehead atoms. The minimum Gasteiger partial charge on any atom is -0.493 e. The summed E-state index contributed by atoms with van der Waals surface area (Å²) in [7, 11) is 3.06. The van der Waals surface area contributed by atoms with Crippen LogP contribution in [0.3, 0.4) is 0 Å². The maximum Gasteiger partial charge on any atom is 0.293 e. The molecule has 8 nitrogen and oxygen atoms in total. The Kier molecular flexibility index (Phi) is 6.18. The van der Waals surface area contributed by atoms with E-state index in [4.69, 9.17) is 13.9 Å². The summed E-state index contributed by atoms with van der Waals surface area (Å²) in [5.74, 6) is 0.447. The van der Waals surface area contributed by atoms with Crippen LogP contribution in [-0.2, 0) is 4.79 Å². The van der Waals surface area contributed by atoms with Gasteiger partial charge in [-0.3, -0.25) is 19.3 Å². The van der Waals surface area contributed by atoms with Gasteiger partial charge in [-0.05, 0) is 47.7 Å². The van der Waals surface area contributed by atoms with Gasteiger partial charge < -0.3 is 19.2 Å². The number of hydrogen-bond donors (Lipinski definition) is 1. The lowest BCUT2D eigenvalue weighted by atomic mass is 10.2. The second kappa shape index (κ2) is 9.19. The van der Waals surface area contributed by atoms with Crippen molar-refractivity contribution in [3.05, 3.63) is 64.8 Å². The Morgan fingerprint density at radius 3 is 2.62 bits per heavy atom. The highest BCUT2D eigenvalue weighted by molar-refractivity contribution is 8.18. The van der Waals surface area contributed by atoms with Crippen LogP contribution in [-0.4, -0.2) is 49.3 Å². The number of para-hydroxylation sites is 1. The van der Waals surface area contributed by atoms with E-state index < -0.39 is 11.8 Å². The van der Waals surface area contributed by atoms with Gasteiger partial charge in [0.2, 0.25) is 0 Å². The van der Waals surface area contributed by atoms with Crippen molar-refractivity contribution < 1.29 is 28.3 Å². The molecule has 1 aromatic heterocycles. The molecule has 4 rings (SSSR count). The number of fused-ring (bicyclic) bond motifs is 1. The third-order valence-corrected chi connectivity index (χ3v) is 5.76. The van der Waals surface area contributed by atoms with Crippen molar-refractivity contribution in [1.29, 1.82) is 0 Å². The van der Waals surface area contributed by atoms with Crippen molar-refractivity contribution >= 4 is 45.9 Å². The van der Waals surface area contributed by atoms with E-state index in [1.165, 1.54) is 14.2 Å². The Balaban J connectivity index is 1.38. The van der Waals surface area contributed by atoms with Crippen molar-refractivity contribution in [3.63, 3.8) is 0 Å². The van der Waals surface area contributed by atoms with Gasteiger partial charge >= 0.3 is 0 Å². The molecule has 2 aromatic carbocycles. The van der Waals surface area contributed by atoms with Gasteiger partial charge in [0.25, 0.3) is 17.1 Å². The molecule has 1 aliphatic heterocycles. The Bertz CT molecular complexity index is 1200. The van der Waals surface area contributed by atoms with Crippen LogP contribution < -0.4 is 14.8 Å². The molecule has 9 heteroatoms. The molecule has 2 heterocycles. The van der Waals surface area contributed by atoms with Crippen LogP contribution in [0.2, 0.25) is 0 Å². The van der Waals surface area contributed by atoms with E-state index in [2.05, 4.69) is 5.32 Å². The lowest BCUT2D eigenvalue weighted by Gasteiger charge is -2.12. The normalized spacial score (nSPS) is 14.9. The van der Waals surface area contributed by atoms with Crippen LogP contribution in [0, 0.1) is 0 Å². The number of nitrogens with zero attached hydrogens (tertiary/aromatic N) is 1. The standard InChI is InChI=1S/C23H20N2O6S/c1-29-17-8-7-14(11-18(17)30-2)12-20-22(27)25(23(28)32-20)10-9-24-21(26)19-13-15-5-3-4-6-16(15)31-19/h3-8,11-13H,9-10H2,1-2H3,(H,24,26). The van der Waals surface area contributed by atoms with E-state index in [0.717, 1.165) is 22.0 Å². The number of nitrogens with one attached hydrogen (secondary N) is 1. The predicted octanol–water partition coefficient (Wildman–Crippen LogP) is 3.92. The number of imide groups is 1. The summed E-state index contributed by atoms with van der Waals surface area (Å²) < 4.78 is 16.0.